The van der Waals surface area contributed by atoms with Crippen LogP contribution >= 0.6 is 11.8 Å². The molecule has 2 saturated heterocycles. The number of rotatable bonds is 3. The fraction of sp³-hybridized carbons (Fsp3) is 0.583. The Morgan fingerprint density at radius 3 is 2.86 bits per heavy atom. The number of esters is 1. The molecule has 9 heteroatoms. The summed E-state index contributed by atoms with van der Waals surface area (Å²) >= 11 is 1.48. The number of nitrogens with two attached hydrogens (primary N) is 1. The molecule has 0 bridgehead atoms. The van der Waals surface area contributed by atoms with Crippen molar-refractivity contribution in [2.24, 2.45) is 5.73 Å². The van der Waals surface area contributed by atoms with Gasteiger partial charge in [0.05, 0.1) is 0 Å². The number of β-lactam (4-membered cyclic amide) rings is 1. The van der Waals surface area contributed by atoms with Crippen LogP contribution in [0.1, 0.15) is 19.6 Å². The van der Waals surface area contributed by atoms with Crippen molar-refractivity contribution in [2.75, 3.05) is 0 Å². The Morgan fingerprint density at radius 2 is 2.24 bits per heavy atom. The summed E-state index contributed by atoms with van der Waals surface area (Å²) in [6, 6.07) is -1.28. The van der Waals surface area contributed by atoms with E-state index in [1.54, 1.807) is 0 Å². The van der Waals surface area contributed by atoms with Crippen LogP contribution in [0, 0.1) is 0 Å². The zero-order valence-electron chi connectivity index (χ0n) is 11.4. The highest BCUT2D eigenvalue weighted by atomic mass is 32.2. The Labute approximate surface area is 123 Å². The highest BCUT2D eigenvalue weighted by molar-refractivity contribution is 8.01. The van der Waals surface area contributed by atoms with Crippen molar-refractivity contribution in [1.82, 2.24) is 4.90 Å². The van der Waals surface area contributed by atoms with Crippen molar-refractivity contribution in [3.8, 4) is 0 Å². The molecule has 2 aliphatic heterocycles. The molecule has 1 aromatic heterocycles. The SMILES string of the molecule is CC1(C)S[C@@H]2[C@H](N)C(=O)N2[C@H]1C(=O)OCc1coc(=O)o1. The first-order valence-corrected chi connectivity index (χ1v) is 7.19. The maximum absolute atomic E-state index is 12.3. The highest BCUT2D eigenvalue weighted by Crippen LogP contribution is 2.50. The molecule has 0 spiro atoms. The molecule has 2 fully saturated rings. The van der Waals surface area contributed by atoms with Gasteiger partial charge in [-0.15, -0.1) is 11.8 Å². The van der Waals surface area contributed by atoms with Crippen LogP contribution in [0.4, 0.5) is 0 Å². The third kappa shape index (κ3) is 2.16. The molecule has 21 heavy (non-hydrogen) atoms. The quantitative estimate of drug-likeness (QED) is 0.595. The third-order valence-corrected chi connectivity index (χ3v) is 5.16. The summed E-state index contributed by atoms with van der Waals surface area (Å²) in [5.41, 5.74) is 5.73. The molecule has 1 amide bonds. The monoisotopic (exact) mass is 314 g/mol. The lowest BCUT2D eigenvalue weighted by Crippen LogP contribution is -2.68. The van der Waals surface area contributed by atoms with Gasteiger partial charge in [-0.1, -0.05) is 0 Å². The molecule has 0 aromatic carbocycles. The summed E-state index contributed by atoms with van der Waals surface area (Å²) in [6.45, 7) is 3.50. The van der Waals surface area contributed by atoms with Crippen LogP contribution in [-0.4, -0.2) is 39.0 Å². The Kier molecular flexibility index (Phi) is 3.14. The molecule has 0 radical (unpaired) electrons. The van der Waals surface area contributed by atoms with Crippen LogP contribution in [0.25, 0.3) is 0 Å². The summed E-state index contributed by atoms with van der Waals surface area (Å²) in [7, 11) is 0. The summed E-state index contributed by atoms with van der Waals surface area (Å²) < 4.78 is 13.7. The average Bonchev–Trinajstić information content (AvgIpc) is 2.95. The smallest absolute Gasteiger partial charge is 0.456 e. The van der Waals surface area contributed by atoms with E-state index in [2.05, 4.69) is 8.83 Å². The van der Waals surface area contributed by atoms with Crippen LogP contribution in [0.15, 0.2) is 19.9 Å². The predicted octanol–water partition coefficient (Wildman–Crippen LogP) is -0.334. The lowest BCUT2D eigenvalue weighted by atomic mass is 9.96. The second-order valence-corrected chi connectivity index (χ2v) is 7.22. The summed E-state index contributed by atoms with van der Waals surface area (Å²) in [5, 5.41) is -0.197. The van der Waals surface area contributed by atoms with E-state index in [4.69, 9.17) is 10.5 Å². The maximum atomic E-state index is 12.3. The van der Waals surface area contributed by atoms with E-state index in [9.17, 15) is 14.4 Å². The molecule has 114 valence electrons. The number of hydrogen-bond acceptors (Lipinski definition) is 8. The minimum absolute atomic E-state index is 0.111. The van der Waals surface area contributed by atoms with E-state index < -0.39 is 28.6 Å². The topological polar surface area (TPSA) is 116 Å². The molecule has 1 aromatic rings. The minimum atomic E-state index is -0.859. The molecular weight excluding hydrogens is 300 g/mol. The third-order valence-electron chi connectivity index (χ3n) is 3.56. The van der Waals surface area contributed by atoms with Crippen LogP contribution in [0.3, 0.4) is 0 Å². The minimum Gasteiger partial charge on any atom is -0.456 e. The maximum Gasteiger partial charge on any atom is 0.518 e. The predicted molar refractivity (Wildman–Crippen MR) is 71.1 cm³/mol. The normalized spacial score (nSPS) is 30.0. The number of ether oxygens (including phenoxy) is 1. The van der Waals surface area contributed by atoms with Gasteiger partial charge in [0.25, 0.3) is 0 Å². The van der Waals surface area contributed by atoms with Gasteiger partial charge in [0.2, 0.25) is 5.91 Å². The number of hydrogen-bond donors (Lipinski definition) is 1. The van der Waals surface area contributed by atoms with Crippen LogP contribution in [0.2, 0.25) is 0 Å². The van der Waals surface area contributed by atoms with Crippen molar-refractivity contribution in [3.63, 3.8) is 0 Å². The molecular formula is C12H14N2O6S. The Balaban J connectivity index is 1.71. The average molecular weight is 314 g/mol. The van der Waals surface area contributed by atoms with E-state index in [-0.39, 0.29) is 23.6 Å². The van der Waals surface area contributed by atoms with Gasteiger partial charge in [-0.25, -0.2) is 9.59 Å². The van der Waals surface area contributed by atoms with Gasteiger partial charge in [0.1, 0.15) is 23.7 Å². The molecule has 3 heterocycles. The van der Waals surface area contributed by atoms with E-state index in [0.29, 0.717) is 0 Å². The van der Waals surface area contributed by atoms with Gasteiger partial charge in [-0.2, -0.15) is 0 Å². The summed E-state index contributed by atoms with van der Waals surface area (Å²) in [4.78, 5) is 36.3. The van der Waals surface area contributed by atoms with Gasteiger partial charge in [0.15, 0.2) is 12.4 Å². The van der Waals surface area contributed by atoms with Crippen molar-refractivity contribution in [2.45, 2.75) is 42.7 Å². The Bertz CT molecular complexity index is 650. The van der Waals surface area contributed by atoms with Crippen molar-refractivity contribution >= 4 is 23.6 Å². The standard InChI is InChI=1S/C12H14N2O6S/c1-12(2)7(14-8(15)6(13)9(14)21-12)10(16)18-3-5-4-19-11(17)20-5/h4,6-7,9H,3,13H2,1-2H3/t6-,7+,9-/m1/s1. The number of carbonyl (C=O) groups is 2. The van der Waals surface area contributed by atoms with Gasteiger partial charge >= 0.3 is 11.8 Å². The van der Waals surface area contributed by atoms with Crippen molar-refractivity contribution in [3.05, 3.63) is 22.6 Å². The van der Waals surface area contributed by atoms with Crippen LogP contribution in [0.5, 0.6) is 0 Å². The lowest BCUT2D eigenvalue weighted by Gasteiger charge is -2.41. The number of thioether (sulfide) groups is 1. The van der Waals surface area contributed by atoms with Gasteiger partial charge < -0.3 is 24.2 Å². The van der Waals surface area contributed by atoms with Crippen LogP contribution in [-0.2, 0) is 20.9 Å². The molecule has 3 atom stereocenters. The molecule has 8 nitrogen and oxygen atoms in total. The Morgan fingerprint density at radius 1 is 1.52 bits per heavy atom. The van der Waals surface area contributed by atoms with Gasteiger partial charge in [0, 0.05) is 4.75 Å². The number of fused-ring (bicyclic) bond motifs is 1. The molecule has 2 aliphatic rings. The van der Waals surface area contributed by atoms with E-state index in [1.165, 1.54) is 16.7 Å². The highest BCUT2D eigenvalue weighted by Gasteiger charge is 2.63. The molecule has 2 N–H and O–H groups in total. The molecule has 3 rings (SSSR count). The van der Waals surface area contributed by atoms with E-state index in [0.717, 1.165) is 6.26 Å². The summed E-state index contributed by atoms with van der Waals surface area (Å²) in [5.74, 6) is -1.56. The molecule has 0 aliphatic carbocycles. The molecule has 0 unspecified atom stereocenters. The first-order valence-electron chi connectivity index (χ1n) is 6.31. The van der Waals surface area contributed by atoms with Crippen molar-refractivity contribution in [1.29, 1.82) is 0 Å². The zero-order chi connectivity index (χ0) is 15.4. The Hall–Kier alpha value is -1.74. The summed E-state index contributed by atoms with van der Waals surface area (Å²) in [6.07, 6.45) is 1.08. The van der Waals surface area contributed by atoms with Gasteiger partial charge in [-0.3, -0.25) is 4.79 Å². The number of carbonyl (C=O) groups excluding carboxylic acids is 2. The first-order chi connectivity index (χ1) is 9.81. The fourth-order valence-electron chi connectivity index (χ4n) is 2.58. The van der Waals surface area contributed by atoms with E-state index >= 15 is 0 Å². The fourth-order valence-corrected chi connectivity index (χ4v) is 4.14. The number of nitrogens with zero attached hydrogens (tertiary/aromatic N) is 1. The zero-order valence-corrected chi connectivity index (χ0v) is 12.2. The second-order valence-electron chi connectivity index (χ2n) is 5.45. The van der Waals surface area contributed by atoms with Crippen molar-refractivity contribution < 1.29 is 23.2 Å². The van der Waals surface area contributed by atoms with Gasteiger partial charge in [-0.05, 0) is 13.8 Å². The van der Waals surface area contributed by atoms with E-state index in [1.807, 2.05) is 13.8 Å². The second kappa shape index (κ2) is 4.63. The lowest BCUT2D eigenvalue weighted by molar-refractivity contribution is -0.164. The molecule has 0 saturated carbocycles. The van der Waals surface area contributed by atoms with Crippen LogP contribution < -0.4 is 11.6 Å². The largest absolute Gasteiger partial charge is 0.518 e. The number of amides is 1. The first kappa shape index (κ1) is 14.2.